The largest absolute Gasteiger partial charge is 0.420 e. The van der Waals surface area contributed by atoms with Crippen molar-refractivity contribution in [1.82, 2.24) is 14.8 Å². The third-order valence-corrected chi connectivity index (χ3v) is 6.90. The van der Waals surface area contributed by atoms with Gasteiger partial charge in [0.05, 0.1) is 22.7 Å². The lowest BCUT2D eigenvalue weighted by molar-refractivity contribution is -0.228. The number of aromatic nitrogens is 3. The number of alkyl halides is 6. The number of carbonyl (C=O) groups excluding carboxylic acids is 1. The molecule has 0 saturated heterocycles. The minimum absolute atomic E-state index is 0.194. The molecule has 0 bridgehead atoms. The Morgan fingerprint density at radius 2 is 1.88 bits per heavy atom. The standard InChI is InChI=1S/C21H22F6N4OS/c1-33-14-10-13(6-9-28-14)29-18(32)17-15(20(22,23)24)16(12-4-5-12)30-31(17)11-19(21(25,26)27)7-2-3-8-19/h6,9-10,12H,2-5,7-8,11H2,1H3,(H,28,29,32). The summed E-state index contributed by atoms with van der Waals surface area (Å²) in [6.45, 7) is -0.818. The van der Waals surface area contributed by atoms with E-state index in [9.17, 15) is 31.1 Å². The highest BCUT2D eigenvalue weighted by atomic mass is 32.2. The molecule has 2 fully saturated rings. The molecule has 180 valence electrons. The van der Waals surface area contributed by atoms with Crippen LogP contribution in [0.2, 0.25) is 0 Å². The lowest BCUT2D eigenvalue weighted by Gasteiger charge is -2.32. The first kappa shape index (κ1) is 23.9. The Bertz CT molecular complexity index is 1040. The molecule has 2 heterocycles. The third kappa shape index (κ3) is 4.71. The van der Waals surface area contributed by atoms with Crippen LogP contribution in [0.1, 0.15) is 66.2 Å². The van der Waals surface area contributed by atoms with Crippen LogP contribution in [0.4, 0.5) is 32.0 Å². The quantitative estimate of drug-likeness (QED) is 0.381. The van der Waals surface area contributed by atoms with Gasteiger partial charge in [0.1, 0.15) is 11.3 Å². The molecular weight excluding hydrogens is 470 g/mol. The van der Waals surface area contributed by atoms with Crippen LogP contribution in [-0.4, -0.2) is 33.1 Å². The molecule has 0 unspecified atom stereocenters. The molecule has 2 aromatic heterocycles. The van der Waals surface area contributed by atoms with E-state index in [0.29, 0.717) is 35.4 Å². The van der Waals surface area contributed by atoms with Gasteiger partial charge in [-0.15, -0.1) is 11.8 Å². The summed E-state index contributed by atoms with van der Waals surface area (Å²) in [7, 11) is 0. The van der Waals surface area contributed by atoms with Crippen molar-refractivity contribution in [3.8, 4) is 0 Å². The highest BCUT2D eigenvalue weighted by molar-refractivity contribution is 7.98. The van der Waals surface area contributed by atoms with Gasteiger partial charge < -0.3 is 5.32 Å². The lowest BCUT2D eigenvalue weighted by Crippen LogP contribution is -2.40. The van der Waals surface area contributed by atoms with Crippen molar-refractivity contribution < 1.29 is 31.1 Å². The second-order valence-electron chi connectivity index (χ2n) is 8.56. The molecule has 4 rings (SSSR count). The van der Waals surface area contributed by atoms with Crippen LogP contribution in [0.3, 0.4) is 0 Å². The Labute approximate surface area is 190 Å². The van der Waals surface area contributed by atoms with Gasteiger partial charge in [0.2, 0.25) is 0 Å². The summed E-state index contributed by atoms with van der Waals surface area (Å²) in [6, 6.07) is 2.88. The van der Waals surface area contributed by atoms with Gasteiger partial charge in [-0.25, -0.2) is 4.98 Å². The summed E-state index contributed by atoms with van der Waals surface area (Å²) in [5, 5.41) is 6.90. The number of thioether (sulfide) groups is 1. The predicted molar refractivity (Wildman–Crippen MR) is 110 cm³/mol. The average Bonchev–Trinajstić information content (AvgIpc) is 3.32. The number of carbonyl (C=O) groups is 1. The average molecular weight is 492 g/mol. The molecule has 12 heteroatoms. The van der Waals surface area contributed by atoms with Crippen molar-refractivity contribution >= 4 is 23.4 Å². The maximum absolute atomic E-state index is 14.1. The Morgan fingerprint density at radius 1 is 1.21 bits per heavy atom. The minimum atomic E-state index is -4.94. The number of nitrogens with zero attached hydrogens (tertiary/aromatic N) is 3. The number of rotatable bonds is 6. The highest BCUT2D eigenvalue weighted by Gasteiger charge is 2.57. The predicted octanol–water partition coefficient (Wildman–Crippen LogP) is 6.27. The number of hydrogen-bond donors (Lipinski definition) is 1. The second kappa shape index (κ2) is 8.52. The van der Waals surface area contributed by atoms with Crippen LogP contribution in [0.25, 0.3) is 0 Å². The maximum atomic E-state index is 14.1. The molecule has 0 atom stereocenters. The van der Waals surface area contributed by atoms with Crippen molar-refractivity contribution in [3.63, 3.8) is 0 Å². The zero-order valence-electron chi connectivity index (χ0n) is 17.7. The fourth-order valence-electron chi connectivity index (χ4n) is 4.41. The topological polar surface area (TPSA) is 59.8 Å². The second-order valence-corrected chi connectivity index (χ2v) is 9.39. The van der Waals surface area contributed by atoms with E-state index < -0.39 is 47.4 Å². The molecule has 33 heavy (non-hydrogen) atoms. The van der Waals surface area contributed by atoms with E-state index in [4.69, 9.17) is 0 Å². The third-order valence-electron chi connectivity index (χ3n) is 6.26. The van der Waals surface area contributed by atoms with Gasteiger partial charge in [-0.1, -0.05) is 12.8 Å². The van der Waals surface area contributed by atoms with Gasteiger partial charge in [0.15, 0.2) is 0 Å². The van der Waals surface area contributed by atoms with E-state index in [0.717, 1.165) is 0 Å². The first-order valence-corrected chi connectivity index (χ1v) is 11.7. The smallest absolute Gasteiger partial charge is 0.321 e. The van der Waals surface area contributed by atoms with Crippen molar-refractivity contribution in [2.75, 3.05) is 11.6 Å². The Morgan fingerprint density at radius 3 is 2.42 bits per heavy atom. The number of anilines is 1. The molecule has 2 aliphatic carbocycles. The fourth-order valence-corrected chi connectivity index (χ4v) is 4.82. The van der Waals surface area contributed by atoms with Gasteiger partial charge >= 0.3 is 12.4 Å². The summed E-state index contributed by atoms with van der Waals surface area (Å²) in [6.07, 6.45) is -5.32. The fraction of sp³-hybridized carbons (Fsp3) is 0.571. The Kier molecular flexibility index (Phi) is 6.17. The van der Waals surface area contributed by atoms with Crippen LogP contribution >= 0.6 is 11.8 Å². The van der Waals surface area contributed by atoms with E-state index in [1.54, 1.807) is 6.26 Å². The van der Waals surface area contributed by atoms with Crippen molar-refractivity contribution in [3.05, 3.63) is 35.3 Å². The van der Waals surface area contributed by atoms with E-state index in [2.05, 4.69) is 15.4 Å². The molecule has 0 aromatic carbocycles. The molecule has 1 amide bonds. The molecule has 2 aliphatic rings. The van der Waals surface area contributed by atoms with Crippen LogP contribution < -0.4 is 5.32 Å². The zero-order chi connectivity index (χ0) is 24.0. The first-order chi connectivity index (χ1) is 15.4. The summed E-state index contributed by atoms with van der Waals surface area (Å²) >= 11 is 1.27. The molecule has 0 radical (unpaired) electrons. The van der Waals surface area contributed by atoms with E-state index in [1.807, 2.05) is 0 Å². The molecule has 0 aliphatic heterocycles. The number of amides is 1. The maximum Gasteiger partial charge on any atom is 0.420 e. The van der Waals surface area contributed by atoms with Gasteiger partial charge in [-0.3, -0.25) is 9.48 Å². The summed E-state index contributed by atoms with van der Waals surface area (Å²) in [5.41, 5.74) is -4.47. The molecular formula is C21H22F6N4OS. The first-order valence-electron chi connectivity index (χ1n) is 10.5. The molecule has 2 saturated carbocycles. The number of pyridine rings is 1. The van der Waals surface area contributed by atoms with E-state index in [1.165, 1.54) is 30.1 Å². The number of hydrogen-bond acceptors (Lipinski definition) is 4. The normalized spacial score (nSPS) is 18.5. The Hall–Kier alpha value is -2.24. The van der Waals surface area contributed by atoms with E-state index >= 15 is 0 Å². The van der Waals surface area contributed by atoms with Gasteiger partial charge in [-0.05, 0) is 44.1 Å². The van der Waals surface area contributed by atoms with Crippen LogP contribution in [0.5, 0.6) is 0 Å². The lowest BCUT2D eigenvalue weighted by atomic mass is 9.85. The van der Waals surface area contributed by atoms with Crippen LogP contribution in [0, 0.1) is 5.41 Å². The highest BCUT2D eigenvalue weighted by Crippen LogP contribution is 2.53. The summed E-state index contributed by atoms with van der Waals surface area (Å²) < 4.78 is 85.0. The van der Waals surface area contributed by atoms with Crippen LogP contribution in [-0.2, 0) is 12.7 Å². The number of halogens is 6. The van der Waals surface area contributed by atoms with Crippen molar-refractivity contribution in [2.45, 2.75) is 68.4 Å². The number of nitrogens with one attached hydrogen (secondary N) is 1. The zero-order valence-corrected chi connectivity index (χ0v) is 18.5. The SMILES string of the molecule is CSc1cc(NC(=O)c2c(C(F)(F)F)c(C3CC3)nn2CC2(C(F)(F)F)CCCC2)ccn1. The van der Waals surface area contributed by atoms with Gasteiger partial charge in [0.25, 0.3) is 5.91 Å². The molecule has 2 aromatic rings. The molecule has 0 spiro atoms. The minimum Gasteiger partial charge on any atom is -0.321 e. The Balaban J connectivity index is 1.80. The van der Waals surface area contributed by atoms with Gasteiger partial charge in [-0.2, -0.15) is 31.4 Å². The monoisotopic (exact) mass is 492 g/mol. The molecule has 1 N–H and O–H groups in total. The summed E-state index contributed by atoms with van der Waals surface area (Å²) in [4.78, 5) is 17.1. The summed E-state index contributed by atoms with van der Waals surface area (Å²) in [5.74, 6) is -1.65. The van der Waals surface area contributed by atoms with Gasteiger partial charge in [0, 0.05) is 17.8 Å². The van der Waals surface area contributed by atoms with Crippen LogP contribution in [0.15, 0.2) is 23.4 Å². The van der Waals surface area contributed by atoms with Crippen molar-refractivity contribution in [2.24, 2.45) is 5.41 Å². The molecule has 5 nitrogen and oxygen atoms in total. The van der Waals surface area contributed by atoms with Crippen molar-refractivity contribution in [1.29, 1.82) is 0 Å². The van der Waals surface area contributed by atoms with E-state index in [-0.39, 0.29) is 24.2 Å².